The summed E-state index contributed by atoms with van der Waals surface area (Å²) in [6.45, 7) is 6.11. The lowest BCUT2D eigenvalue weighted by atomic mass is 10.3. The average Bonchev–Trinajstić information content (AvgIpc) is 2.76. The summed E-state index contributed by atoms with van der Waals surface area (Å²) in [5.41, 5.74) is 0. The zero-order valence-corrected chi connectivity index (χ0v) is 11.8. The first-order valence-corrected chi connectivity index (χ1v) is 7.02. The van der Waals surface area contributed by atoms with Gasteiger partial charge in [0.1, 0.15) is 0 Å². The van der Waals surface area contributed by atoms with Crippen LogP contribution in [-0.2, 0) is 6.54 Å². The summed E-state index contributed by atoms with van der Waals surface area (Å²) in [6, 6.07) is 4.52. The molecular formula is C14H21NO2S. The van der Waals surface area contributed by atoms with Crippen LogP contribution in [0, 0.1) is 11.8 Å². The van der Waals surface area contributed by atoms with Crippen LogP contribution in [0.25, 0.3) is 0 Å². The number of rotatable bonds is 6. The molecule has 0 aliphatic rings. The van der Waals surface area contributed by atoms with Crippen LogP contribution in [0.2, 0.25) is 0 Å². The van der Waals surface area contributed by atoms with Gasteiger partial charge >= 0.3 is 0 Å². The highest BCUT2D eigenvalue weighted by Crippen LogP contribution is 2.18. The van der Waals surface area contributed by atoms with Crippen LogP contribution in [0.3, 0.4) is 0 Å². The molecule has 0 spiro atoms. The minimum absolute atomic E-state index is 0.114. The predicted molar refractivity (Wildman–Crippen MR) is 75.5 cm³/mol. The van der Waals surface area contributed by atoms with Crippen LogP contribution < -0.4 is 0 Å². The Bertz CT molecular complexity index is 403. The van der Waals surface area contributed by atoms with Gasteiger partial charge in [-0.15, -0.1) is 11.3 Å². The fourth-order valence-corrected chi connectivity index (χ4v) is 2.49. The summed E-state index contributed by atoms with van der Waals surface area (Å²) < 4.78 is 0. The number of thiophene rings is 1. The zero-order valence-electron chi connectivity index (χ0n) is 11.0. The number of nitrogens with zero attached hydrogens (tertiary/aromatic N) is 1. The smallest absolute Gasteiger partial charge is 0.0771 e. The van der Waals surface area contributed by atoms with Crippen molar-refractivity contribution < 1.29 is 10.2 Å². The van der Waals surface area contributed by atoms with Gasteiger partial charge in [0, 0.05) is 30.4 Å². The van der Waals surface area contributed by atoms with E-state index in [0.717, 1.165) is 11.4 Å². The van der Waals surface area contributed by atoms with Gasteiger partial charge in [0.05, 0.1) is 18.1 Å². The van der Waals surface area contributed by atoms with Gasteiger partial charge < -0.3 is 10.2 Å². The second kappa shape index (κ2) is 8.28. The maximum absolute atomic E-state index is 9.03. The zero-order chi connectivity index (χ0) is 13.4. The van der Waals surface area contributed by atoms with Gasteiger partial charge in [-0.1, -0.05) is 11.8 Å². The summed E-state index contributed by atoms with van der Waals surface area (Å²) in [5.74, 6) is 5.96. The van der Waals surface area contributed by atoms with E-state index in [-0.39, 0.29) is 13.2 Å². The first-order valence-electron chi connectivity index (χ1n) is 6.20. The molecule has 100 valence electrons. The first kappa shape index (κ1) is 15.2. The molecule has 3 nitrogen and oxygen atoms in total. The molecule has 0 aromatic carbocycles. The monoisotopic (exact) mass is 267 g/mol. The van der Waals surface area contributed by atoms with E-state index in [1.165, 1.54) is 4.88 Å². The number of aliphatic hydroxyl groups is 2. The maximum Gasteiger partial charge on any atom is 0.0771 e. The largest absolute Gasteiger partial charge is 0.395 e. The van der Waals surface area contributed by atoms with Crippen LogP contribution >= 0.6 is 11.3 Å². The lowest BCUT2D eigenvalue weighted by Crippen LogP contribution is -2.32. The Kier molecular flexibility index (Phi) is 6.99. The molecule has 1 rings (SSSR count). The minimum atomic E-state index is 0.114. The minimum Gasteiger partial charge on any atom is -0.395 e. The molecule has 0 amide bonds. The number of hydrogen-bond donors (Lipinski definition) is 2. The van der Waals surface area contributed by atoms with Crippen molar-refractivity contribution in [1.29, 1.82) is 0 Å². The van der Waals surface area contributed by atoms with E-state index in [4.69, 9.17) is 10.2 Å². The quantitative estimate of drug-likeness (QED) is 0.771. The van der Waals surface area contributed by atoms with Crippen LogP contribution in [0.15, 0.2) is 12.1 Å². The molecule has 4 heteroatoms. The van der Waals surface area contributed by atoms with E-state index < -0.39 is 0 Å². The molecule has 0 bridgehead atoms. The van der Waals surface area contributed by atoms with Crippen LogP contribution in [-0.4, -0.2) is 40.9 Å². The fraction of sp³-hybridized carbons (Fsp3) is 0.571. The van der Waals surface area contributed by atoms with Crippen molar-refractivity contribution in [2.24, 2.45) is 0 Å². The summed E-state index contributed by atoms with van der Waals surface area (Å²) >= 11 is 1.68. The topological polar surface area (TPSA) is 43.7 Å². The van der Waals surface area contributed by atoms with Crippen LogP contribution in [0.1, 0.15) is 30.0 Å². The second-order valence-corrected chi connectivity index (χ2v) is 5.50. The molecule has 2 N–H and O–H groups in total. The number of aliphatic hydroxyl groups excluding tert-OH is 2. The lowest BCUT2D eigenvalue weighted by molar-refractivity contribution is 0.160. The molecule has 18 heavy (non-hydrogen) atoms. The molecule has 0 atom stereocenters. The van der Waals surface area contributed by atoms with E-state index >= 15 is 0 Å². The standard InChI is InChI=1S/C14H21NO2S/c1-12(2)15(8-10-17)11-14-7-6-13(18-14)5-3-4-9-16/h6-7,12,16-17H,4,8-11H2,1-2H3. The summed E-state index contributed by atoms with van der Waals surface area (Å²) in [6.07, 6.45) is 0.524. The van der Waals surface area contributed by atoms with Gasteiger partial charge in [-0.3, -0.25) is 4.90 Å². The third kappa shape index (κ3) is 5.19. The van der Waals surface area contributed by atoms with Gasteiger partial charge in [0.15, 0.2) is 0 Å². The molecule has 1 heterocycles. The Labute approximate surface area is 113 Å². The van der Waals surface area contributed by atoms with E-state index in [9.17, 15) is 0 Å². The molecule has 0 saturated carbocycles. The van der Waals surface area contributed by atoms with Crippen LogP contribution in [0.4, 0.5) is 0 Å². The van der Waals surface area contributed by atoms with Crippen molar-refractivity contribution in [1.82, 2.24) is 4.90 Å². The molecule has 0 unspecified atom stereocenters. The molecule has 1 aromatic rings. The summed E-state index contributed by atoms with van der Waals surface area (Å²) in [7, 11) is 0. The van der Waals surface area contributed by atoms with Crippen molar-refractivity contribution >= 4 is 11.3 Å². The first-order chi connectivity index (χ1) is 8.67. The SMILES string of the molecule is CC(C)N(CCO)Cc1ccc(C#CCCO)s1. The van der Waals surface area contributed by atoms with Crippen LogP contribution in [0.5, 0.6) is 0 Å². The van der Waals surface area contributed by atoms with Gasteiger partial charge in [-0.2, -0.15) is 0 Å². The Morgan fingerprint density at radius 2 is 2.06 bits per heavy atom. The van der Waals surface area contributed by atoms with Gasteiger partial charge in [0.2, 0.25) is 0 Å². The second-order valence-electron chi connectivity index (χ2n) is 4.33. The van der Waals surface area contributed by atoms with Gasteiger partial charge in [-0.05, 0) is 26.0 Å². The van der Waals surface area contributed by atoms with E-state index in [1.807, 2.05) is 6.07 Å². The Balaban J connectivity index is 2.60. The molecule has 0 fully saturated rings. The number of hydrogen-bond acceptors (Lipinski definition) is 4. The third-order valence-corrected chi connectivity index (χ3v) is 3.57. The highest BCUT2D eigenvalue weighted by Gasteiger charge is 2.10. The van der Waals surface area contributed by atoms with Crippen molar-refractivity contribution in [2.75, 3.05) is 19.8 Å². The van der Waals surface area contributed by atoms with E-state index in [1.54, 1.807) is 11.3 Å². The highest BCUT2D eigenvalue weighted by molar-refractivity contribution is 7.12. The molecule has 0 radical (unpaired) electrons. The molecule has 0 aliphatic carbocycles. The lowest BCUT2D eigenvalue weighted by Gasteiger charge is -2.24. The predicted octanol–water partition coefficient (Wildman–Crippen LogP) is 1.68. The molecule has 1 aromatic heterocycles. The van der Waals surface area contributed by atoms with Gasteiger partial charge in [0.25, 0.3) is 0 Å². The average molecular weight is 267 g/mol. The summed E-state index contributed by atoms with van der Waals surface area (Å²) in [4.78, 5) is 4.52. The molecular weight excluding hydrogens is 246 g/mol. The van der Waals surface area contributed by atoms with E-state index in [0.29, 0.717) is 19.0 Å². The fourth-order valence-electron chi connectivity index (χ4n) is 1.58. The van der Waals surface area contributed by atoms with E-state index in [2.05, 4.69) is 36.7 Å². The third-order valence-electron chi connectivity index (χ3n) is 2.59. The molecule has 0 saturated heterocycles. The Hall–Kier alpha value is -0.860. The van der Waals surface area contributed by atoms with Crippen molar-refractivity contribution in [3.8, 4) is 11.8 Å². The van der Waals surface area contributed by atoms with Crippen molar-refractivity contribution in [3.05, 3.63) is 21.9 Å². The van der Waals surface area contributed by atoms with Gasteiger partial charge in [-0.25, -0.2) is 0 Å². The maximum atomic E-state index is 9.03. The Morgan fingerprint density at radius 1 is 1.28 bits per heavy atom. The molecule has 0 aliphatic heterocycles. The van der Waals surface area contributed by atoms with Crippen molar-refractivity contribution in [3.63, 3.8) is 0 Å². The highest BCUT2D eigenvalue weighted by atomic mass is 32.1. The summed E-state index contributed by atoms with van der Waals surface area (Å²) in [5, 5.41) is 17.7. The normalized spacial score (nSPS) is 10.8. The Morgan fingerprint density at radius 3 is 2.67 bits per heavy atom. The van der Waals surface area contributed by atoms with Crippen molar-refractivity contribution in [2.45, 2.75) is 32.9 Å².